The monoisotopic (exact) mass is 366 g/mol. The van der Waals surface area contributed by atoms with Gasteiger partial charge in [0.1, 0.15) is 6.61 Å². The van der Waals surface area contributed by atoms with Crippen LogP contribution in [0.25, 0.3) is 0 Å². The first-order valence-corrected chi connectivity index (χ1v) is 7.58. The zero-order chi connectivity index (χ0) is 14.8. The van der Waals surface area contributed by atoms with Crippen LogP contribution in [0.4, 0.5) is 11.4 Å². The Labute approximate surface area is 135 Å². The van der Waals surface area contributed by atoms with Crippen molar-refractivity contribution in [1.29, 1.82) is 0 Å². The number of ether oxygens (including phenoxy) is 1. The summed E-state index contributed by atoms with van der Waals surface area (Å²) in [5.41, 5.74) is 2.01. The first-order valence-electron chi connectivity index (χ1n) is 6.41. The van der Waals surface area contributed by atoms with Gasteiger partial charge in [-0.1, -0.05) is 17.7 Å². The first-order chi connectivity index (χ1) is 10.1. The third-order valence-electron chi connectivity index (χ3n) is 3.10. The summed E-state index contributed by atoms with van der Waals surface area (Å²) in [4.78, 5) is 12.4. The van der Waals surface area contributed by atoms with Crippen LogP contribution in [0, 0.1) is 0 Å². The number of fused-ring (bicyclic) bond motifs is 1. The largest absolute Gasteiger partial charge is 0.489 e. The molecule has 2 aromatic rings. The lowest BCUT2D eigenvalue weighted by atomic mass is 10.1. The fourth-order valence-corrected chi connectivity index (χ4v) is 2.62. The Morgan fingerprint density at radius 3 is 3.00 bits per heavy atom. The molecule has 1 amide bonds. The molecule has 0 spiro atoms. The van der Waals surface area contributed by atoms with E-state index in [0.717, 1.165) is 16.7 Å². The normalized spacial score (nSPS) is 12.9. The molecule has 2 aromatic carbocycles. The minimum Gasteiger partial charge on any atom is -0.489 e. The highest BCUT2D eigenvalue weighted by molar-refractivity contribution is 9.10. The average Bonchev–Trinajstić information content (AvgIpc) is 2.50. The van der Waals surface area contributed by atoms with Gasteiger partial charge in [0.2, 0.25) is 0 Å². The molecule has 6 heteroatoms. The molecule has 0 saturated heterocycles. The van der Waals surface area contributed by atoms with Crippen LogP contribution >= 0.6 is 27.5 Å². The van der Waals surface area contributed by atoms with Gasteiger partial charge in [-0.2, -0.15) is 0 Å². The number of hydrogen-bond acceptors (Lipinski definition) is 3. The number of benzene rings is 2. The van der Waals surface area contributed by atoms with E-state index < -0.39 is 0 Å². The second-order valence-corrected chi connectivity index (χ2v) is 5.80. The first kappa shape index (κ1) is 14.2. The topological polar surface area (TPSA) is 50.4 Å². The van der Waals surface area contributed by atoms with Crippen molar-refractivity contribution in [2.24, 2.45) is 0 Å². The van der Waals surface area contributed by atoms with E-state index in [1.165, 1.54) is 0 Å². The molecule has 4 nitrogen and oxygen atoms in total. The number of anilines is 2. The molecule has 0 atom stereocenters. The summed E-state index contributed by atoms with van der Waals surface area (Å²) in [6, 6.07) is 10.7. The molecule has 0 fully saturated rings. The highest BCUT2D eigenvalue weighted by atomic mass is 79.9. The standard InChI is InChI=1S/C15H12BrClN2O2/c16-11-8-9(4-5-12(11)17)19-15(20)10-2-1-3-13-14(10)21-7-6-18-13/h1-5,8,18H,6-7H2,(H,19,20). The van der Waals surface area contributed by atoms with Gasteiger partial charge in [0.15, 0.2) is 5.75 Å². The van der Waals surface area contributed by atoms with Crippen molar-refractivity contribution in [3.63, 3.8) is 0 Å². The molecule has 0 aliphatic carbocycles. The van der Waals surface area contributed by atoms with Crippen LogP contribution in [-0.2, 0) is 0 Å². The summed E-state index contributed by atoms with van der Waals surface area (Å²) >= 11 is 9.28. The molecule has 0 saturated carbocycles. The van der Waals surface area contributed by atoms with Crippen LogP contribution in [0.5, 0.6) is 5.75 Å². The van der Waals surface area contributed by atoms with Crippen LogP contribution in [0.15, 0.2) is 40.9 Å². The molecule has 108 valence electrons. The average molecular weight is 368 g/mol. The zero-order valence-corrected chi connectivity index (χ0v) is 13.3. The lowest BCUT2D eigenvalue weighted by Crippen LogP contribution is -2.21. The van der Waals surface area contributed by atoms with Crippen molar-refractivity contribution >= 4 is 44.8 Å². The van der Waals surface area contributed by atoms with Gasteiger partial charge in [0.05, 0.1) is 16.3 Å². The Balaban J connectivity index is 1.87. The highest BCUT2D eigenvalue weighted by Crippen LogP contribution is 2.32. The van der Waals surface area contributed by atoms with Crippen LogP contribution in [0.1, 0.15) is 10.4 Å². The molecule has 1 aliphatic heterocycles. The number of halogens is 2. The van der Waals surface area contributed by atoms with E-state index in [0.29, 0.717) is 28.6 Å². The van der Waals surface area contributed by atoms with Crippen molar-refractivity contribution in [1.82, 2.24) is 0 Å². The number of carbonyl (C=O) groups excluding carboxylic acids is 1. The minimum atomic E-state index is -0.218. The van der Waals surface area contributed by atoms with Gasteiger partial charge in [-0.15, -0.1) is 0 Å². The van der Waals surface area contributed by atoms with Gasteiger partial charge >= 0.3 is 0 Å². The molecular formula is C15H12BrClN2O2. The zero-order valence-electron chi connectivity index (χ0n) is 11.0. The maximum Gasteiger partial charge on any atom is 0.259 e. The molecule has 0 unspecified atom stereocenters. The van der Waals surface area contributed by atoms with Crippen molar-refractivity contribution < 1.29 is 9.53 Å². The fraction of sp³-hybridized carbons (Fsp3) is 0.133. The SMILES string of the molecule is O=C(Nc1ccc(Cl)c(Br)c1)c1cccc2c1OCCN2. The van der Waals surface area contributed by atoms with Gasteiger partial charge in [-0.3, -0.25) is 4.79 Å². The summed E-state index contributed by atoms with van der Waals surface area (Å²) in [5, 5.41) is 6.64. The molecule has 0 radical (unpaired) electrons. The van der Waals surface area contributed by atoms with Crippen LogP contribution in [0.2, 0.25) is 5.02 Å². The molecule has 21 heavy (non-hydrogen) atoms. The van der Waals surface area contributed by atoms with E-state index >= 15 is 0 Å². The molecule has 3 rings (SSSR count). The summed E-state index contributed by atoms with van der Waals surface area (Å²) in [5.74, 6) is 0.374. The number of carbonyl (C=O) groups is 1. The summed E-state index contributed by atoms with van der Waals surface area (Å²) in [7, 11) is 0. The van der Waals surface area contributed by atoms with Gasteiger partial charge < -0.3 is 15.4 Å². The Kier molecular flexibility index (Phi) is 4.03. The fourth-order valence-electron chi connectivity index (χ4n) is 2.12. The highest BCUT2D eigenvalue weighted by Gasteiger charge is 2.19. The van der Waals surface area contributed by atoms with Crippen molar-refractivity contribution in [2.75, 3.05) is 23.8 Å². The number of amides is 1. The summed E-state index contributed by atoms with van der Waals surface area (Å²) in [6.45, 7) is 1.28. The maximum atomic E-state index is 12.4. The Morgan fingerprint density at radius 1 is 1.33 bits per heavy atom. The third-order valence-corrected chi connectivity index (χ3v) is 4.31. The van der Waals surface area contributed by atoms with E-state index in [4.69, 9.17) is 16.3 Å². The van der Waals surface area contributed by atoms with Crippen LogP contribution in [0.3, 0.4) is 0 Å². The third kappa shape index (κ3) is 2.99. The van der Waals surface area contributed by atoms with Gasteiger partial charge in [0.25, 0.3) is 5.91 Å². The molecular weight excluding hydrogens is 356 g/mol. The number of nitrogens with one attached hydrogen (secondary N) is 2. The minimum absolute atomic E-state index is 0.218. The maximum absolute atomic E-state index is 12.4. The molecule has 1 aliphatic rings. The molecule has 2 N–H and O–H groups in total. The second kappa shape index (κ2) is 5.95. The summed E-state index contributed by atoms with van der Waals surface area (Å²) in [6.07, 6.45) is 0. The van der Waals surface area contributed by atoms with E-state index in [2.05, 4.69) is 26.6 Å². The lowest BCUT2D eigenvalue weighted by molar-refractivity contribution is 0.102. The van der Waals surface area contributed by atoms with Crippen molar-refractivity contribution in [3.8, 4) is 5.75 Å². The smallest absolute Gasteiger partial charge is 0.259 e. The summed E-state index contributed by atoms with van der Waals surface area (Å²) < 4.78 is 6.33. The van der Waals surface area contributed by atoms with E-state index in [9.17, 15) is 4.79 Å². The molecule has 0 aromatic heterocycles. The Hall–Kier alpha value is -1.72. The van der Waals surface area contributed by atoms with E-state index in [1.807, 2.05) is 12.1 Å². The van der Waals surface area contributed by atoms with Crippen LogP contribution in [-0.4, -0.2) is 19.1 Å². The van der Waals surface area contributed by atoms with Gasteiger partial charge in [0, 0.05) is 16.7 Å². The number of rotatable bonds is 2. The van der Waals surface area contributed by atoms with Crippen molar-refractivity contribution in [3.05, 3.63) is 51.5 Å². The Bertz CT molecular complexity index is 706. The van der Waals surface area contributed by atoms with Crippen molar-refractivity contribution in [2.45, 2.75) is 0 Å². The second-order valence-electron chi connectivity index (χ2n) is 4.54. The van der Waals surface area contributed by atoms with Crippen LogP contribution < -0.4 is 15.4 Å². The van der Waals surface area contributed by atoms with E-state index in [1.54, 1.807) is 24.3 Å². The quantitative estimate of drug-likeness (QED) is 0.838. The number of hydrogen-bond donors (Lipinski definition) is 2. The predicted octanol–water partition coefficient (Wildman–Crippen LogP) is 4.16. The van der Waals surface area contributed by atoms with E-state index in [-0.39, 0.29) is 5.91 Å². The molecule has 1 heterocycles. The molecule has 0 bridgehead atoms. The lowest BCUT2D eigenvalue weighted by Gasteiger charge is -2.21. The van der Waals surface area contributed by atoms with Gasteiger partial charge in [-0.05, 0) is 46.3 Å². The predicted molar refractivity (Wildman–Crippen MR) is 87.5 cm³/mol. The number of para-hydroxylation sites is 1. The Morgan fingerprint density at radius 2 is 2.19 bits per heavy atom. The van der Waals surface area contributed by atoms with Gasteiger partial charge in [-0.25, -0.2) is 0 Å².